The summed E-state index contributed by atoms with van der Waals surface area (Å²) in [6.07, 6.45) is 4.53. The van der Waals surface area contributed by atoms with E-state index in [0.717, 1.165) is 36.9 Å². The van der Waals surface area contributed by atoms with E-state index in [-0.39, 0.29) is 0 Å². The normalized spacial score (nSPS) is 23.0. The van der Waals surface area contributed by atoms with Gasteiger partial charge in [-0.25, -0.2) is 13.1 Å². The lowest BCUT2D eigenvalue weighted by Crippen LogP contribution is -2.29. The van der Waals surface area contributed by atoms with E-state index in [1.54, 1.807) is 20.1 Å². The van der Waals surface area contributed by atoms with Gasteiger partial charge in [-0.3, -0.25) is 0 Å². The third-order valence-electron chi connectivity index (χ3n) is 4.12. The van der Waals surface area contributed by atoms with Gasteiger partial charge < -0.3 is 10.1 Å². The monoisotopic (exact) mass is 312 g/mol. The van der Waals surface area contributed by atoms with Crippen LogP contribution in [0, 0.1) is 6.92 Å². The fourth-order valence-corrected chi connectivity index (χ4v) is 3.76. The maximum Gasteiger partial charge on any atom is 0.240 e. The Bertz CT molecular complexity index is 579. The lowest BCUT2D eigenvalue weighted by Gasteiger charge is -2.29. The van der Waals surface area contributed by atoms with Crippen LogP contribution in [0.15, 0.2) is 23.1 Å². The van der Waals surface area contributed by atoms with E-state index in [0.29, 0.717) is 17.0 Å². The van der Waals surface area contributed by atoms with Gasteiger partial charge in [0.05, 0.1) is 11.0 Å². The second-order valence-electron chi connectivity index (χ2n) is 5.54. The van der Waals surface area contributed by atoms with E-state index in [4.69, 9.17) is 4.74 Å². The summed E-state index contributed by atoms with van der Waals surface area (Å²) in [5.74, 6) is 0. The SMILES string of the molecule is CNS(=O)(=O)c1cc(NC2CCC(OC)CC2)ccc1C. The number of hydrogen-bond donors (Lipinski definition) is 2. The molecule has 1 saturated carbocycles. The van der Waals surface area contributed by atoms with Crippen molar-refractivity contribution in [3.8, 4) is 0 Å². The van der Waals surface area contributed by atoms with E-state index >= 15 is 0 Å². The second kappa shape index (κ2) is 6.77. The minimum atomic E-state index is -3.41. The predicted octanol–water partition coefficient (Wildman–Crippen LogP) is 2.27. The molecule has 1 aromatic rings. The molecule has 118 valence electrons. The molecule has 0 radical (unpaired) electrons. The molecule has 2 rings (SSSR count). The number of nitrogens with one attached hydrogen (secondary N) is 2. The smallest absolute Gasteiger partial charge is 0.240 e. The van der Waals surface area contributed by atoms with Crippen molar-refractivity contribution in [2.75, 3.05) is 19.5 Å². The highest BCUT2D eigenvalue weighted by Gasteiger charge is 2.21. The van der Waals surface area contributed by atoms with Crippen LogP contribution in [0.3, 0.4) is 0 Å². The lowest BCUT2D eigenvalue weighted by atomic mass is 9.93. The molecule has 1 fully saturated rings. The first-order valence-corrected chi connectivity index (χ1v) is 8.78. The number of methoxy groups -OCH3 is 1. The Hall–Kier alpha value is -1.11. The summed E-state index contributed by atoms with van der Waals surface area (Å²) in [5.41, 5.74) is 1.60. The number of aryl methyl sites for hydroxylation is 1. The average Bonchev–Trinajstić information content (AvgIpc) is 2.50. The average molecular weight is 312 g/mol. The molecule has 0 heterocycles. The minimum absolute atomic E-state index is 0.334. The molecule has 21 heavy (non-hydrogen) atoms. The highest BCUT2D eigenvalue weighted by atomic mass is 32.2. The van der Waals surface area contributed by atoms with Crippen LogP contribution in [0.25, 0.3) is 0 Å². The topological polar surface area (TPSA) is 67.4 Å². The highest BCUT2D eigenvalue weighted by molar-refractivity contribution is 7.89. The fourth-order valence-electron chi connectivity index (χ4n) is 2.77. The summed E-state index contributed by atoms with van der Waals surface area (Å²) in [6.45, 7) is 1.80. The molecule has 0 atom stereocenters. The Morgan fingerprint density at radius 2 is 1.86 bits per heavy atom. The number of hydrogen-bond acceptors (Lipinski definition) is 4. The van der Waals surface area contributed by atoms with Crippen LogP contribution >= 0.6 is 0 Å². The van der Waals surface area contributed by atoms with Crippen molar-refractivity contribution >= 4 is 15.7 Å². The zero-order valence-corrected chi connectivity index (χ0v) is 13.7. The van der Waals surface area contributed by atoms with Crippen LogP contribution in [0.5, 0.6) is 0 Å². The quantitative estimate of drug-likeness (QED) is 0.875. The summed E-state index contributed by atoms with van der Waals surface area (Å²) >= 11 is 0. The van der Waals surface area contributed by atoms with Crippen LogP contribution in [0.1, 0.15) is 31.2 Å². The van der Waals surface area contributed by atoms with Crippen LogP contribution in [-0.4, -0.2) is 34.7 Å². The van der Waals surface area contributed by atoms with Gasteiger partial charge >= 0.3 is 0 Å². The van der Waals surface area contributed by atoms with E-state index in [9.17, 15) is 8.42 Å². The number of sulfonamides is 1. The van der Waals surface area contributed by atoms with Gasteiger partial charge in [-0.2, -0.15) is 0 Å². The third kappa shape index (κ3) is 3.96. The Morgan fingerprint density at radius 1 is 1.19 bits per heavy atom. The van der Waals surface area contributed by atoms with Crippen molar-refractivity contribution < 1.29 is 13.2 Å². The maximum atomic E-state index is 12.0. The van der Waals surface area contributed by atoms with Crippen molar-refractivity contribution in [2.45, 2.75) is 49.6 Å². The molecule has 5 nitrogen and oxygen atoms in total. The van der Waals surface area contributed by atoms with Gasteiger partial charge in [0, 0.05) is 18.8 Å². The first-order chi connectivity index (χ1) is 9.96. The third-order valence-corrected chi connectivity index (χ3v) is 5.68. The second-order valence-corrected chi connectivity index (χ2v) is 7.40. The standard InChI is InChI=1S/C15H24N2O3S/c1-11-4-5-13(10-15(11)21(18,19)16-2)17-12-6-8-14(20-3)9-7-12/h4-5,10,12,14,16-17H,6-9H2,1-3H3. The fraction of sp³-hybridized carbons (Fsp3) is 0.600. The van der Waals surface area contributed by atoms with E-state index in [1.165, 1.54) is 7.05 Å². The Morgan fingerprint density at radius 3 is 2.43 bits per heavy atom. The number of benzene rings is 1. The lowest BCUT2D eigenvalue weighted by molar-refractivity contribution is 0.0682. The first-order valence-electron chi connectivity index (χ1n) is 7.30. The largest absolute Gasteiger partial charge is 0.382 e. The minimum Gasteiger partial charge on any atom is -0.382 e. The maximum absolute atomic E-state index is 12.0. The molecule has 1 aliphatic carbocycles. The van der Waals surface area contributed by atoms with Crippen LogP contribution in [-0.2, 0) is 14.8 Å². The first kappa shape index (κ1) is 16.3. The number of rotatable bonds is 5. The van der Waals surface area contributed by atoms with Gasteiger partial charge in [0.15, 0.2) is 0 Å². The Kier molecular flexibility index (Phi) is 5.24. The molecular weight excluding hydrogens is 288 g/mol. The van der Waals surface area contributed by atoms with Crippen molar-refractivity contribution in [3.63, 3.8) is 0 Å². The molecule has 0 aromatic heterocycles. The number of anilines is 1. The number of ether oxygens (including phenoxy) is 1. The molecule has 1 aromatic carbocycles. The zero-order valence-electron chi connectivity index (χ0n) is 12.8. The van der Waals surface area contributed by atoms with Crippen molar-refractivity contribution in [1.29, 1.82) is 0 Å². The molecule has 2 N–H and O–H groups in total. The van der Waals surface area contributed by atoms with Gasteiger partial charge in [0.2, 0.25) is 10.0 Å². The molecule has 0 unspecified atom stereocenters. The molecule has 0 bridgehead atoms. The van der Waals surface area contributed by atoms with E-state index in [2.05, 4.69) is 10.0 Å². The van der Waals surface area contributed by atoms with Crippen molar-refractivity contribution in [3.05, 3.63) is 23.8 Å². The Balaban J connectivity index is 2.10. The summed E-state index contributed by atoms with van der Waals surface area (Å²) in [6, 6.07) is 5.87. The van der Waals surface area contributed by atoms with Crippen LogP contribution < -0.4 is 10.0 Å². The van der Waals surface area contributed by atoms with Crippen LogP contribution in [0.4, 0.5) is 5.69 Å². The summed E-state index contributed by atoms with van der Waals surface area (Å²) in [7, 11) is -0.226. The van der Waals surface area contributed by atoms with Gasteiger partial charge in [0.1, 0.15) is 0 Å². The van der Waals surface area contributed by atoms with Gasteiger partial charge in [-0.1, -0.05) is 6.07 Å². The Labute approximate surface area is 127 Å². The van der Waals surface area contributed by atoms with E-state index in [1.807, 2.05) is 12.1 Å². The highest BCUT2D eigenvalue weighted by Crippen LogP contribution is 2.26. The molecule has 0 amide bonds. The molecule has 0 spiro atoms. The molecule has 1 aliphatic rings. The van der Waals surface area contributed by atoms with Crippen molar-refractivity contribution in [2.24, 2.45) is 0 Å². The van der Waals surface area contributed by atoms with Gasteiger partial charge in [-0.15, -0.1) is 0 Å². The van der Waals surface area contributed by atoms with E-state index < -0.39 is 10.0 Å². The van der Waals surface area contributed by atoms with Crippen LogP contribution in [0.2, 0.25) is 0 Å². The van der Waals surface area contributed by atoms with Gasteiger partial charge in [-0.05, 0) is 57.4 Å². The van der Waals surface area contributed by atoms with Crippen molar-refractivity contribution in [1.82, 2.24) is 4.72 Å². The molecule has 6 heteroatoms. The molecule has 0 aliphatic heterocycles. The predicted molar refractivity (Wildman–Crippen MR) is 84.1 cm³/mol. The van der Waals surface area contributed by atoms with Gasteiger partial charge in [0.25, 0.3) is 0 Å². The summed E-state index contributed by atoms with van der Waals surface area (Å²) in [4.78, 5) is 0.334. The molecule has 0 saturated heterocycles. The summed E-state index contributed by atoms with van der Waals surface area (Å²) < 4.78 is 31.7. The zero-order chi connectivity index (χ0) is 15.5. The molecular formula is C15H24N2O3S. The summed E-state index contributed by atoms with van der Waals surface area (Å²) in [5, 5.41) is 3.44.